The van der Waals surface area contributed by atoms with Crippen LogP contribution in [0.1, 0.15) is 35.7 Å². The second kappa shape index (κ2) is 9.10. The van der Waals surface area contributed by atoms with Crippen molar-refractivity contribution in [1.29, 1.82) is 0 Å². The molecule has 0 aliphatic carbocycles. The summed E-state index contributed by atoms with van der Waals surface area (Å²) >= 11 is 0. The van der Waals surface area contributed by atoms with Crippen molar-refractivity contribution in [3.63, 3.8) is 0 Å². The van der Waals surface area contributed by atoms with E-state index in [1.54, 1.807) is 67.8 Å². The van der Waals surface area contributed by atoms with E-state index in [0.29, 0.717) is 33.8 Å². The molecule has 32 heavy (non-hydrogen) atoms. The normalized spacial score (nSPS) is 11.0. The van der Waals surface area contributed by atoms with Crippen LogP contribution in [0.25, 0.3) is 22.3 Å². The number of carbonyl (C=O) groups is 1. The maximum absolute atomic E-state index is 13.2. The number of benzene rings is 3. The highest BCUT2D eigenvalue weighted by molar-refractivity contribution is 5.97. The van der Waals surface area contributed by atoms with E-state index in [-0.39, 0.29) is 29.3 Å². The molecule has 0 N–H and O–H groups in total. The van der Waals surface area contributed by atoms with Crippen LogP contribution < -0.4 is 14.9 Å². The molecule has 4 aromatic rings. The van der Waals surface area contributed by atoms with Gasteiger partial charge in [0.15, 0.2) is 18.2 Å². The van der Waals surface area contributed by atoms with Crippen molar-refractivity contribution < 1.29 is 18.7 Å². The summed E-state index contributed by atoms with van der Waals surface area (Å²) in [5, 5.41) is 0.397. The average molecular weight is 428 g/mol. The third-order valence-electron chi connectivity index (χ3n) is 5.36. The molecule has 0 atom stereocenters. The van der Waals surface area contributed by atoms with Gasteiger partial charge in [0.2, 0.25) is 11.2 Å². The number of methoxy groups -OCH3 is 1. The Hall–Kier alpha value is -3.86. The number of Topliss-reactive ketones (excluding diaryl/α,β-unsaturated/α-hetero) is 1. The molecular weight excluding hydrogens is 404 g/mol. The Morgan fingerprint density at radius 1 is 0.938 bits per heavy atom. The number of hydrogen-bond acceptors (Lipinski definition) is 5. The van der Waals surface area contributed by atoms with E-state index in [2.05, 4.69) is 13.8 Å². The highest BCUT2D eigenvalue weighted by atomic mass is 16.5. The average Bonchev–Trinajstić information content (AvgIpc) is 2.83. The van der Waals surface area contributed by atoms with Crippen LogP contribution in [0.15, 0.2) is 82.0 Å². The lowest BCUT2D eigenvalue weighted by Crippen LogP contribution is -2.17. The van der Waals surface area contributed by atoms with Crippen LogP contribution in [0.5, 0.6) is 11.5 Å². The fraction of sp³-hybridized carbons (Fsp3) is 0.185. The Bertz CT molecular complexity index is 1300. The highest BCUT2D eigenvalue weighted by Crippen LogP contribution is 2.32. The van der Waals surface area contributed by atoms with Crippen LogP contribution in [-0.2, 0) is 0 Å². The number of fused-ring (bicyclic) bond motifs is 1. The van der Waals surface area contributed by atoms with Gasteiger partial charge in [0.25, 0.3) is 0 Å². The van der Waals surface area contributed by atoms with Gasteiger partial charge in [-0.2, -0.15) is 0 Å². The number of para-hydroxylation sites is 1. The molecule has 0 saturated carbocycles. The Balaban J connectivity index is 1.69. The quantitative estimate of drug-likeness (QED) is 0.345. The number of ether oxygens (including phenoxy) is 2. The predicted octanol–water partition coefficient (Wildman–Crippen LogP) is 5.85. The summed E-state index contributed by atoms with van der Waals surface area (Å²) in [5.74, 6) is 1.14. The molecule has 0 bridgehead atoms. The van der Waals surface area contributed by atoms with Gasteiger partial charge in [0.1, 0.15) is 11.3 Å². The first-order chi connectivity index (χ1) is 15.5. The largest absolute Gasteiger partial charge is 0.497 e. The van der Waals surface area contributed by atoms with Crippen LogP contribution in [0.3, 0.4) is 0 Å². The summed E-state index contributed by atoms with van der Waals surface area (Å²) in [7, 11) is 1.58. The fourth-order valence-corrected chi connectivity index (χ4v) is 3.46. The molecule has 0 amide bonds. The maximum atomic E-state index is 13.2. The van der Waals surface area contributed by atoms with Gasteiger partial charge in [-0.3, -0.25) is 9.59 Å². The minimum absolute atomic E-state index is 0.0148. The minimum atomic E-state index is -0.319. The van der Waals surface area contributed by atoms with Crippen LogP contribution in [0.2, 0.25) is 0 Å². The van der Waals surface area contributed by atoms with Gasteiger partial charge in [-0.1, -0.05) is 50.2 Å². The lowest BCUT2D eigenvalue weighted by molar-refractivity contribution is 0.0920. The summed E-state index contributed by atoms with van der Waals surface area (Å²) in [6.07, 6.45) is 0. The smallest absolute Gasteiger partial charge is 0.235 e. The van der Waals surface area contributed by atoms with Gasteiger partial charge >= 0.3 is 0 Å². The molecule has 0 fully saturated rings. The summed E-state index contributed by atoms with van der Waals surface area (Å²) in [5.41, 5.74) is 2.47. The van der Waals surface area contributed by atoms with Crippen molar-refractivity contribution in [3.8, 4) is 22.8 Å². The molecule has 162 valence electrons. The molecular formula is C27H24O5. The van der Waals surface area contributed by atoms with E-state index in [4.69, 9.17) is 13.9 Å². The van der Waals surface area contributed by atoms with Crippen LogP contribution in [-0.4, -0.2) is 19.5 Å². The van der Waals surface area contributed by atoms with E-state index < -0.39 is 0 Å². The van der Waals surface area contributed by atoms with Crippen LogP contribution in [0.4, 0.5) is 0 Å². The summed E-state index contributed by atoms with van der Waals surface area (Å²) in [4.78, 5) is 25.9. The fourth-order valence-electron chi connectivity index (χ4n) is 3.46. The molecule has 0 unspecified atom stereocenters. The molecule has 3 aromatic carbocycles. The van der Waals surface area contributed by atoms with Crippen molar-refractivity contribution in [2.24, 2.45) is 0 Å². The van der Waals surface area contributed by atoms with Crippen molar-refractivity contribution in [2.45, 2.75) is 19.8 Å². The third-order valence-corrected chi connectivity index (χ3v) is 5.36. The first-order valence-electron chi connectivity index (χ1n) is 10.4. The van der Waals surface area contributed by atoms with Crippen molar-refractivity contribution >= 4 is 16.8 Å². The number of hydrogen-bond donors (Lipinski definition) is 0. The highest BCUT2D eigenvalue weighted by Gasteiger charge is 2.19. The van der Waals surface area contributed by atoms with E-state index in [1.165, 1.54) is 0 Å². The van der Waals surface area contributed by atoms with Gasteiger partial charge in [0.05, 0.1) is 12.5 Å². The van der Waals surface area contributed by atoms with E-state index in [1.807, 2.05) is 12.1 Å². The molecule has 1 aromatic heterocycles. The zero-order chi connectivity index (χ0) is 22.7. The maximum Gasteiger partial charge on any atom is 0.235 e. The summed E-state index contributed by atoms with van der Waals surface area (Å²) in [6.45, 7) is 3.92. The van der Waals surface area contributed by atoms with Gasteiger partial charge in [-0.05, 0) is 47.9 Å². The molecule has 0 aliphatic rings. The monoisotopic (exact) mass is 428 g/mol. The molecule has 0 spiro atoms. The van der Waals surface area contributed by atoms with Crippen molar-refractivity contribution in [3.05, 3.63) is 94.1 Å². The number of rotatable bonds is 7. The Morgan fingerprint density at radius 2 is 1.62 bits per heavy atom. The minimum Gasteiger partial charge on any atom is -0.497 e. The molecule has 0 aliphatic heterocycles. The predicted molar refractivity (Wildman–Crippen MR) is 125 cm³/mol. The summed E-state index contributed by atoms with van der Waals surface area (Å²) < 4.78 is 17.0. The van der Waals surface area contributed by atoms with Gasteiger partial charge in [-0.15, -0.1) is 0 Å². The van der Waals surface area contributed by atoms with Crippen molar-refractivity contribution in [1.82, 2.24) is 0 Å². The second-order valence-electron chi connectivity index (χ2n) is 7.80. The molecule has 5 nitrogen and oxygen atoms in total. The Morgan fingerprint density at radius 3 is 2.28 bits per heavy atom. The standard InChI is InChI=1S/C27H24O5/c1-17(2)18-8-10-19(11-9-18)23(28)16-31-27-25(29)22-6-4-5-7-24(22)32-26(27)20-12-14-21(30-3)15-13-20/h4-15,17H,16H2,1-3H3. The zero-order valence-electron chi connectivity index (χ0n) is 18.3. The van der Waals surface area contributed by atoms with E-state index in [0.717, 1.165) is 5.56 Å². The van der Waals surface area contributed by atoms with Gasteiger partial charge < -0.3 is 13.9 Å². The van der Waals surface area contributed by atoms with Crippen molar-refractivity contribution in [2.75, 3.05) is 13.7 Å². The third kappa shape index (κ3) is 4.28. The van der Waals surface area contributed by atoms with E-state index >= 15 is 0 Å². The molecule has 4 rings (SSSR count). The lowest BCUT2D eigenvalue weighted by Gasteiger charge is -2.12. The first kappa shape index (κ1) is 21.4. The van der Waals surface area contributed by atoms with E-state index in [9.17, 15) is 9.59 Å². The SMILES string of the molecule is COc1ccc(-c2oc3ccccc3c(=O)c2OCC(=O)c2ccc(C(C)C)cc2)cc1. The van der Waals surface area contributed by atoms with Crippen LogP contribution in [0, 0.1) is 0 Å². The topological polar surface area (TPSA) is 65.7 Å². The zero-order valence-corrected chi connectivity index (χ0v) is 18.3. The van der Waals surface area contributed by atoms with Gasteiger partial charge in [-0.25, -0.2) is 0 Å². The second-order valence-corrected chi connectivity index (χ2v) is 7.80. The molecule has 5 heteroatoms. The molecule has 0 saturated heterocycles. The molecule has 0 radical (unpaired) electrons. The Kier molecular flexibility index (Phi) is 6.08. The molecule has 1 heterocycles. The first-order valence-corrected chi connectivity index (χ1v) is 10.4. The van der Waals surface area contributed by atoms with Crippen LogP contribution >= 0.6 is 0 Å². The Labute approximate surface area is 186 Å². The van der Waals surface area contributed by atoms with Gasteiger partial charge in [0, 0.05) is 11.1 Å². The number of ketones is 1. The summed E-state index contributed by atoms with van der Waals surface area (Å²) in [6, 6.07) is 21.5. The number of carbonyl (C=O) groups excluding carboxylic acids is 1. The lowest BCUT2D eigenvalue weighted by atomic mass is 10.0.